The van der Waals surface area contributed by atoms with Crippen LogP contribution in [0.1, 0.15) is 65.0 Å². The lowest BCUT2D eigenvalue weighted by molar-refractivity contribution is 0.0679. The van der Waals surface area contributed by atoms with E-state index in [4.69, 9.17) is 21.1 Å². The molecule has 154 valence electrons. The first-order valence-corrected chi connectivity index (χ1v) is 10.6. The molecule has 0 spiro atoms. The highest BCUT2D eigenvalue weighted by atomic mass is 15.2. The fourth-order valence-electron chi connectivity index (χ4n) is 4.60. The lowest BCUT2D eigenvalue weighted by atomic mass is 9.88. The highest BCUT2D eigenvalue weighted by molar-refractivity contribution is 5.95. The van der Waals surface area contributed by atoms with Gasteiger partial charge >= 0.3 is 0 Å². The van der Waals surface area contributed by atoms with Crippen molar-refractivity contribution < 1.29 is 0 Å². The van der Waals surface area contributed by atoms with Gasteiger partial charge in [0.15, 0.2) is 0 Å². The van der Waals surface area contributed by atoms with Crippen LogP contribution in [0.4, 0.5) is 0 Å². The Morgan fingerprint density at radius 2 is 1.57 bits per heavy atom. The zero-order valence-corrected chi connectivity index (χ0v) is 17.7. The molecule has 1 saturated heterocycles. The highest BCUT2D eigenvalue weighted by Gasteiger charge is 2.35. The van der Waals surface area contributed by atoms with Crippen molar-refractivity contribution in [3.05, 3.63) is 94.6 Å². The normalized spacial score (nSPS) is 19.5. The number of rotatable bonds is 5. The maximum absolute atomic E-state index is 7.80. The van der Waals surface area contributed by atoms with E-state index in [-0.39, 0.29) is 17.9 Å². The smallest absolute Gasteiger partial charge is 0.122 e. The molecule has 0 radical (unpaired) electrons. The maximum atomic E-state index is 7.80. The van der Waals surface area contributed by atoms with Crippen molar-refractivity contribution in [2.24, 2.45) is 5.73 Å². The van der Waals surface area contributed by atoms with E-state index in [2.05, 4.69) is 36.9 Å². The maximum Gasteiger partial charge on any atom is 0.122 e. The van der Waals surface area contributed by atoms with E-state index in [1.165, 1.54) is 11.1 Å². The first-order valence-electron chi connectivity index (χ1n) is 10.6. The summed E-state index contributed by atoms with van der Waals surface area (Å²) in [5.41, 5.74) is 12.4. The Morgan fingerprint density at radius 1 is 0.967 bits per heavy atom. The SMILES string of the molecule is Cc1cccnc1[C@H]1CCC[C@@H](c2ncccc2C)N1Cc1cccc(C(=N)N)c1. The Labute approximate surface area is 178 Å². The summed E-state index contributed by atoms with van der Waals surface area (Å²) in [5, 5.41) is 7.80. The summed E-state index contributed by atoms with van der Waals surface area (Å²) in [4.78, 5) is 12.1. The second-order valence-corrected chi connectivity index (χ2v) is 8.16. The van der Waals surface area contributed by atoms with E-state index in [0.717, 1.165) is 48.3 Å². The standard InChI is InChI=1S/C25H29N5/c1-17-7-5-13-28-23(17)21-11-4-12-22(24-18(2)8-6-14-29-24)30(21)16-19-9-3-10-20(15-19)25(26)27/h3,5-10,13-15,21-22H,4,11-12,16H2,1-2H3,(H3,26,27)/t21-,22+. The third-order valence-electron chi connectivity index (χ3n) is 6.09. The van der Waals surface area contributed by atoms with Crippen LogP contribution in [0.3, 0.4) is 0 Å². The van der Waals surface area contributed by atoms with Gasteiger partial charge in [-0.3, -0.25) is 20.3 Å². The number of benzene rings is 1. The lowest BCUT2D eigenvalue weighted by Crippen LogP contribution is -2.37. The monoisotopic (exact) mass is 399 g/mol. The van der Waals surface area contributed by atoms with Crippen LogP contribution in [-0.4, -0.2) is 20.7 Å². The summed E-state index contributed by atoms with van der Waals surface area (Å²) in [6.07, 6.45) is 7.09. The molecule has 5 nitrogen and oxygen atoms in total. The van der Waals surface area contributed by atoms with Crippen molar-refractivity contribution >= 4 is 5.84 Å². The number of hydrogen-bond donors (Lipinski definition) is 2. The van der Waals surface area contributed by atoms with Crippen LogP contribution in [0.15, 0.2) is 60.9 Å². The molecule has 2 atom stereocenters. The number of hydrogen-bond acceptors (Lipinski definition) is 4. The predicted molar refractivity (Wildman–Crippen MR) is 120 cm³/mol. The third kappa shape index (κ3) is 4.12. The zero-order chi connectivity index (χ0) is 21.1. The number of nitrogens with two attached hydrogens (primary N) is 1. The minimum absolute atomic E-state index is 0.102. The van der Waals surface area contributed by atoms with Crippen molar-refractivity contribution in [2.45, 2.75) is 51.7 Å². The Bertz CT molecular complexity index is 991. The quantitative estimate of drug-likeness (QED) is 0.475. The van der Waals surface area contributed by atoms with E-state index in [1.807, 2.05) is 42.7 Å². The van der Waals surface area contributed by atoms with Crippen molar-refractivity contribution in [3.63, 3.8) is 0 Å². The third-order valence-corrected chi connectivity index (χ3v) is 6.09. The number of pyridine rings is 2. The van der Waals surface area contributed by atoms with E-state index < -0.39 is 0 Å². The minimum atomic E-state index is 0.102. The van der Waals surface area contributed by atoms with Crippen LogP contribution in [0.2, 0.25) is 0 Å². The van der Waals surface area contributed by atoms with Gasteiger partial charge in [0.05, 0.1) is 23.5 Å². The molecule has 0 saturated carbocycles. The number of likely N-dealkylation sites (tertiary alicyclic amines) is 1. The van der Waals surface area contributed by atoms with E-state index in [0.29, 0.717) is 0 Å². The van der Waals surface area contributed by atoms with Crippen LogP contribution in [0.5, 0.6) is 0 Å². The van der Waals surface area contributed by atoms with Gasteiger partial charge in [0.2, 0.25) is 0 Å². The Hall–Kier alpha value is -3.05. The van der Waals surface area contributed by atoms with Crippen LogP contribution in [0, 0.1) is 19.3 Å². The number of piperidine rings is 1. The summed E-state index contributed by atoms with van der Waals surface area (Å²) in [6.45, 7) is 5.06. The van der Waals surface area contributed by atoms with Crippen LogP contribution >= 0.6 is 0 Å². The van der Waals surface area contributed by atoms with Gasteiger partial charge in [0, 0.05) is 24.5 Å². The fourth-order valence-corrected chi connectivity index (χ4v) is 4.60. The lowest BCUT2D eigenvalue weighted by Gasteiger charge is -2.42. The van der Waals surface area contributed by atoms with Crippen molar-refractivity contribution in [2.75, 3.05) is 0 Å². The van der Waals surface area contributed by atoms with E-state index in [9.17, 15) is 0 Å². The zero-order valence-electron chi connectivity index (χ0n) is 17.7. The fraction of sp³-hybridized carbons (Fsp3) is 0.320. The van der Waals surface area contributed by atoms with Crippen molar-refractivity contribution in [1.82, 2.24) is 14.9 Å². The number of nitrogens with one attached hydrogen (secondary N) is 1. The Balaban J connectivity index is 1.76. The molecule has 0 unspecified atom stereocenters. The average Bonchev–Trinajstić information content (AvgIpc) is 2.75. The average molecular weight is 400 g/mol. The molecule has 1 aliphatic heterocycles. The molecule has 30 heavy (non-hydrogen) atoms. The summed E-state index contributed by atoms with van der Waals surface area (Å²) >= 11 is 0. The van der Waals surface area contributed by atoms with Crippen molar-refractivity contribution in [1.29, 1.82) is 5.41 Å². The summed E-state index contributed by atoms with van der Waals surface area (Å²) in [6, 6.07) is 16.8. The van der Waals surface area contributed by atoms with Gasteiger partial charge in [-0.25, -0.2) is 0 Å². The van der Waals surface area contributed by atoms with E-state index in [1.54, 1.807) is 0 Å². The Morgan fingerprint density at radius 3 is 2.10 bits per heavy atom. The Kier molecular flexibility index (Phi) is 5.91. The molecule has 4 rings (SSSR count). The first-order chi connectivity index (χ1) is 14.5. The van der Waals surface area contributed by atoms with Gasteiger partial charge in [-0.1, -0.05) is 30.3 Å². The number of aromatic nitrogens is 2. The molecule has 3 N–H and O–H groups in total. The molecule has 0 aliphatic carbocycles. The van der Waals surface area contributed by atoms with Gasteiger partial charge in [0.1, 0.15) is 5.84 Å². The first kappa shape index (κ1) is 20.2. The van der Waals surface area contributed by atoms with Gasteiger partial charge in [-0.15, -0.1) is 0 Å². The number of aryl methyl sites for hydroxylation is 2. The van der Waals surface area contributed by atoms with Gasteiger partial charge < -0.3 is 5.73 Å². The summed E-state index contributed by atoms with van der Waals surface area (Å²) < 4.78 is 0. The second-order valence-electron chi connectivity index (χ2n) is 8.16. The van der Waals surface area contributed by atoms with E-state index >= 15 is 0 Å². The largest absolute Gasteiger partial charge is 0.384 e. The molecule has 0 bridgehead atoms. The minimum Gasteiger partial charge on any atom is -0.384 e. The number of amidine groups is 1. The molecule has 1 aliphatic rings. The molecular formula is C25H29N5. The van der Waals surface area contributed by atoms with Crippen LogP contribution in [-0.2, 0) is 6.54 Å². The molecule has 3 aromatic rings. The van der Waals surface area contributed by atoms with Crippen LogP contribution in [0.25, 0.3) is 0 Å². The van der Waals surface area contributed by atoms with Gasteiger partial charge in [-0.2, -0.15) is 0 Å². The number of nitrogens with zero attached hydrogens (tertiary/aromatic N) is 3. The molecular weight excluding hydrogens is 370 g/mol. The second kappa shape index (κ2) is 8.76. The van der Waals surface area contributed by atoms with Crippen LogP contribution < -0.4 is 5.73 Å². The summed E-state index contributed by atoms with van der Waals surface area (Å²) in [7, 11) is 0. The molecule has 1 aromatic carbocycles. The highest BCUT2D eigenvalue weighted by Crippen LogP contribution is 2.43. The molecule has 1 fully saturated rings. The predicted octanol–water partition coefficient (Wildman–Crippen LogP) is 4.85. The molecule has 5 heteroatoms. The van der Waals surface area contributed by atoms with Crippen molar-refractivity contribution in [3.8, 4) is 0 Å². The van der Waals surface area contributed by atoms with Gasteiger partial charge in [0.25, 0.3) is 0 Å². The molecule has 2 aromatic heterocycles. The number of nitrogen functional groups attached to an aromatic ring is 1. The molecule has 0 amide bonds. The van der Waals surface area contributed by atoms with Gasteiger partial charge in [-0.05, 0) is 68.0 Å². The summed E-state index contributed by atoms with van der Waals surface area (Å²) in [5.74, 6) is 0.102. The topological polar surface area (TPSA) is 78.9 Å². The molecule has 3 heterocycles.